The lowest BCUT2D eigenvalue weighted by Gasteiger charge is -2.12. The van der Waals surface area contributed by atoms with Gasteiger partial charge in [0.05, 0.1) is 19.0 Å². The quantitative estimate of drug-likeness (QED) is 0.590. The van der Waals surface area contributed by atoms with E-state index >= 15 is 0 Å². The van der Waals surface area contributed by atoms with E-state index in [1.165, 1.54) is 6.42 Å². The van der Waals surface area contributed by atoms with E-state index in [1.54, 1.807) is 6.26 Å². The van der Waals surface area contributed by atoms with Crippen LogP contribution in [0.5, 0.6) is 0 Å². The molecule has 0 spiro atoms. The fourth-order valence-corrected chi connectivity index (χ4v) is 1.70. The molecule has 1 aromatic heterocycles. The average Bonchev–Trinajstić information content (AvgIpc) is 2.86. The number of aliphatic hydroxyl groups excluding tert-OH is 1. The maximum atomic E-state index is 9.70. The first-order valence-electron chi connectivity index (χ1n) is 6.82. The highest BCUT2D eigenvalue weighted by molar-refractivity contribution is 4.96. The van der Waals surface area contributed by atoms with E-state index in [-0.39, 0.29) is 0 Å². The van der Waals surface area contributed by atoms with Crippen molar-refractivity contribution >= 4 is 0 Å². The molecule has 1 aromatic rings. The van der Waals surface area contributed by atoms with Gasteiger partial charge in [0.15, 0.2) is 0 Å². The number of unbranched alkanes of at least 4 members (excludes halogenated alkanes) is 1. The molecule has 5 nitrogen and oxygen atoms in total. The lowest BCUT2D eigenvalue weighted by Crippen LogP contribution is -2.31. The van der Waals surface area contributed by atoms with Gasteiger partial charge in [-0.15, -0.1) is 0 Å². The summed E-state index contributed by atoms with van der Waals surface area (Å²) in [5.74, 6) is 0.781. The number of furan rings is 1. The van der Waals surface area contributed by atoms with Crippen molar-refractivity contribution in [1.29, 1.82) is 0 Å². The maximum absolute atomic E-state index is 9.70. The molecule has 19 heavy (non-hydrogen) atoms. The average molecular weight is 270 g/mol. The Morgan fingerprint density at radius 1 is 1.42 bits per heavy atom. The SMILES string of the molecule is CN(C)CCCCNCC(O)COCc1ccco1. The van der Waals surface area contributed by atoms with Crippen molar-refractivity contribution in [2.24, 2.45) is 0 Å². The molecule has 110 valence electrons. The predicted molar refractivity (Wildman–Crippen MR) is 75.0 cm³/mol. The van der Waals surface area contributed by atoms with Crippen LogP contribution in [0.25, 0.3) is 0 Å². The molecule has 0 radical (unpaired) electrons. The van der Waals surface area contributed by atoms with Gasteiger partial charge in [-0.05, 0) is 52.2 Å². The number of hydrogen-bond donors (Lipinski definition) is 2. The lowest BCUT2D eigenvalue weighted by molar-refractivity contribution is 0.0227. The second kappa shape index (κ2) is 9.97. The van der Waals surface area contributed by atoms with Crippen LogP contribution in [-0.2, 0) is 11.3 Å². The van der Waals surface area contributed by atoms with Gasteiger partial charge >= 0.3 is 0 Å². The van der Waals surface area contributed by atoms with E-state index in [0.29, 0.717) is 19.8 Å². The molecule has 1 unspecified atom stereocenters. The van der Waals surface area contributed by atoms with E-state index in [4.69, 9.17) is 9.15 Å². The second-order valence-electron chi connectivity index (χ2n) is 4.96. The van der Waals surface area contributed by atoms with Crippen LogP contribution in [0.4, 0.5) is 0 Å². The third-order valence-corrected chi connectivity index (χ3v) is 2.72. The zero-order valence-corrected chi connectivity index (χ0v) is 12.0. The molecule has 0 aliphatic rings. The van der Waals surface area contributed by atoms with Gasteiger partial charge in [0.1, 0.15) is 12.4 Å². The zero-order valence-electron chi connectivity index (χ0n) is 12.0. The molecular formula is C14H26N2O3. The fraction of sp³-hybridized carbons (Fsp3) is 0.714. The van der Waals surface area contributed by atoms with Crippen molar-refractivity contribution in [2.75, 3.05) is 40.3 Å². The van der Waals surface area contributed by atoms with Crippen molar-refractivity contribution in [3.05, 3.63) is 24.2 Å². The highest BCUT2D eigenvalue weighted by atomic mass is 16.5. The minimum Gasteiger partial charge on any atom is -0.467 e. The Labute approximate surface area is 115 Å². The van der Waals surface area contributed by atoms with Crippen LogP contribution in [0, 0.1) is 0 Å². The van der Waals surface area contributed by atoms with Crippen LogP contribution in [-0.4, -0.2) is 56.4 Å². The summed E-state index contributed by atoms with van der Waals surface area (Å²) in [5.41, 5.74) is 0. The Morgan fingerprint density at radius 3 is 2.95 bits per heavy atom. The number of hydrogen-bond acceptors (Lipinski definition) is 5. The first-order valence-corrected chi connectivity index (χ1v) is 6.82. The Bertz CT molecular complexity index is 302. The van der Waals surface area contributed by atoms with Gasteiger partial charge < -0.3 is 24.5 Å². The molecule has 1 rings (SSSR count). The van der Waals surface area contributed by atoms with Gasteiger partial charge in [0, 0.05) is 6.54 Å². The zero-order chi connectivity index (χ0) is 13.9. The van der Waals surface area contributed by atoms with Crippen LogP contribution >= 0.6 is 0 Å². The van der Waals surface area contributed by atoms with Gasteiger partial charge in [0.25, 0.3) is 0 Å². The van der Waals surface area contributed by atoms with E-state index in [9.17, 15) is 5.11 Å². The molecule has 1 atom stereocenters. The largest absolute Gasteiger partial charge is 0.467 e. The van der Waals surface area contributed by atoms with Crippen molar-refractivity contribution in [2.45, 2.75) is 25.6 Å². The van der Waals surface area contributed by atoms with Crippen molar-refractivity contribution < 1.29 is 14.3 Å². The summed E-state index contributed by atoms with van der Waals surface area (Å²) in [7, 11) is 4.15. The standard InChI is InChI=1S/C14H26N2O3/c1-16(2)8-4-3-7-15-10-13(17)11-18-12-14-6-5-9-19-14/h5-6,9,13,15,17H,3-4,7-8,10-12H2,1-2H3. The molecule has 5 heteroatoms. The molecule has 0 saturated carbocycles. The van der Waals surface area contributed by atoms with Gasteiger partial charge in [-0.1, -0.05) is 0 Å². The molecule has 0 aromatic carbocycles. The van der Waals surface area contributed by atoms with Gasteiger partial charge in [0.2, 0.25) is 0 Å². The molecule has 2 N–H and O–H groups in total. The molecule has 0 saturated heterocycles. The summed E-state index contributed by atoms with van der Waals surface area (Å²) >= 11 is 0. The summed E-state index contributed by atoms with van der Waals surface area (Å²) in [4.78, 5) is 2.18. The Hall–Kier alpha value is -0.880. The van der Waals surface area contributed by atoms with Crippen molar-refractivity contribution in [3.8, 4) is 0 Å². The first-order chi connectivity index (χ1) is 9.18. The minimum absolute atomic E-state index is 0.325. The van der Waals surface area contributed by atoms with Gasteiger partial charge in [-0.3, -0.25) is 0 Å². The Morgan fingerprint density at radius 2 is 2.26 bits per heavy atom. The smallest absolute Gasteiger partial charge is 0.129 e. The van der Waals surface area contributed by atoms with Gasteiger partial charge in [-0.2, -0.15) is 0 Å². The third kappa shape index (κ3) is 8.77. The number of nitrogens with one attached hydrogen (secondary N) is 1. The number of aliphatic hydroxyl groups is 1. The molecule has 0 aliphatic heterocycles. The second-order valence-corrected chi connectivity index (χ2v) is 4.96. The van der Waals surface area contributed by atoms with Crippen LogP contribution in [0.2, 0.25) is 0 Å². The topological polar surface area (TPSA) is 57.9 Å². The summed E-state index contributed by atoms with van der Waals surface area (Å²) in [6, 6.07) is 3.68. The summed E-state index contributed by atoms with van der Waals surface area (Å²) < 4.78 is 10.5. The normalized spacial score (nSPS) is 13.1. The molecule has 1 heterocycles. The van der Waals surface area contributed by atoms with Crippen LogP contribution in [0.3, 0.4) is 0 Å². The third-order valence-electron chi connectivity index (χ3n) is 2.72. The lowest BCUT2D eigenvalue weighted by atomic mass is 10.3. The number of ether oxygens (including phenoxy) is 1. The molecule has 0 aliphatic carbocycles. The molecule has 0 amide bonds. The maximum Gasteiger partial charge on any atom is 0.129 e. The van der Waals surface area contributed by atoms with Crippen LogP contribution < -0.4 is 5.32 Å². The summed E-state index contributed by atoms with van der Waals surface area (Å²) in [5, 5.41) is 12.9. The van der Waals surface area contributed by atoms with Crippen LogP contribution in [0.15, 0.2) is 22.8 Å². The highest BCUT2D eigenvalue weighted by Crippen LogP contribution is 2.01. The van der Waals surface area contributed by atoms with E-state index in [1.807, 2.05) is 12.1 Å². The van der Waals surface area contributed by atoms with Crippen LogP contribution in [0.1, 0.15) is 18.6 Å². The van der Waals surface area contributed by atoms with E-state index in [0.717, 1.165) is 25.3 Å². The summed E-state index contributed by atoms with van der Waals surface area (Å²) in [6.07, 6.45) is 3.44. The molecular weight excluding hydrogens is 244 g/mol. The Kier molecular flexibility index (Phi) is 8.49. The first kappa shape index (κ1) is 16.2. The Balaban J connectivity index is 1.89. The highest BCUT2D eigenvalue weighted by Gasteiger charge is 2.04. The number of rotatable bonds is 11. The van der Waals surface area contributed by atoms with Crippen molar-refractivity contribution in [3.63, 3.8) is 0 Å². The molecule has 0 bridgehead atoms. The predicted octanol–water partition coefficient (Wildman–Crippen LogP) is 1.09. The minimum atomic E-state index is -0.469. The monoisotopic (exact) mass is 270 g/mol. The van der Waals surface area contributed by atoms with E-state index in [2.05, 4.69) is 24.3 Å². The number of nitrogens with zero attached hydrogens (tertiary/aromatic N) is 1. The molecule has 0 fully saturated rings. The van der Waals surface area contributed by atoms with E-state index < -0.39 is 6.10 Å². The summed E-state index contributed by atoms with van der Waals surface area (Å²) in [6.45, 7) is 3.35. The fourth-order valence-electron chi connectivity index (χ4n) is 1.70. The van der Waals surface area contributed by atoms with Gasteiger partial charge in [-0.25, -0.2) is 0 Å². The van der Waals surface area contributed by atoms with Crippen molar-refractivity contribution in [1.82, 2.24) is 10.2 Å².